The van der Waals surface area contributed by atoms with Crippen LogP contribution in [0.15, 0.2) is 0 Å². The van der Waals surface area contributed by atoms with Gasteiger partial charge in [-0.1, -0.05) is 6.92 Å². The van der Waals surface area contributed by atoms with E-state index in [-0.39, 0.29) is 5.54 Å². The first kappa shape index (κ1) is 13.9. The molecule has 3 atom stereocenters. The van der Waals surface area contributed by atoms with Crippen molar-refractivity contribution in [3.05, 3.63) is 0 Å². The first-order valence-corrected chi connectivity index (χ1v) is 6.11. The van der Waals surface area contributed by atoms with Crippen molar-refractivity contribution in [3.8, 4) is 0 Å². The van der Waals surface area contributed by atoms with E-state index >= 15 is 0 Å². The number of nitrogens with zero attached hydrogens (tertiary/aromatic N) is 1. The van der Waals surface area contributed by atoms with Gasteiger partial charge in [-0.2, -0.15) is 0 Å². The third-order valence-electron chi connectivity index (χ3n) is 2.89. The zero-order chi connectivity index (χ0) is 12.3. The third kappa shape index (κ3) is 4.78. The number of aliphatic hydroxyl groups excluding tert-OH is 2. The summed E-state index contributed by atoms with van der Waals surface area (Å²) in [6.45, 7) is 11.7. The van der Waals surface area contributed by atoms with Crippen LogP contribution in [0.5, 0.6) is 0 Å². The van der Waals surface area contributed by atoms with E-state index in [1.54, 1.807) is 0 Å². The van der Waals surface area contributed by atoms with Crippen molar-refractivity contribution >= 4 is 0 Å². The fourth-order valence-corrected chi connectivity index (χ4v) is 1.98. The Bertz CT molecular complexity index is 206. The van der Waals surface area contributed by atoms with Crippen LogP contribution in [0.1, 0.15) is 27.7 Å². The molecule has 0 radical (unpaired) electrons. The molecular formula is C12H26N2O2. The van der Waals surface area contributed by atoms with Crippen molar-refractivity contribution in [1.82, 2.24) is 10.2 Å². The lowest BCUT2D eigenvalue weighted by atomic mass is 10.1. The monoisotopic (exact) mass is 230 g/mol. The highest BCUT2D eigenvalue weighted by molar-refractivity contribution is 4.84. The minimum absolute atomic E-state index is 0.151. The minimum Gasteiger partial charge on any atom is -0.389 e. The smallest absolute Gasteiger partial charge is 0.0938 e. The number of likely N-dealkylation sites (tertiary alicyclic amines) is 1. The summed E-state index contributed by atoms with van der Waals surface area (Å²) in [5, 5.41) is 22.3. The fraction of sp³-hybridized carbons (Fsp3) is 1.00. The molecule has 1 heterocycles. The molecule has 1 aliphatic rings. The lowest BCUT2D eigenvalue weighted by Crippen LogP contribution is -2.41. The zero-order valence-electron chi connectivity index (χ0n) is 10.9. The second-order valence-electron chi connectivity index (χ2n) is 6.09. The zero-order valence-corrected chi connectivity index (χ0v) is 10.9. The van der Waals surface area contributed by atoms with Crippen LogP contribution in [-0.2, 0) is 0 Å². The summed E-state index contributed by atoms with van der Waals surface area (Å²) in [6, 6.07) is 0. The second-order valence-corrected chi connectivity index (χ2v) is 6.09. The van der Waals surface area contributed by atoms with E-state index in [0.29, 0.717) is 19.0 Å². The number of nitrogens with one attached hydrogen (secondary N) is 1. The van der Waals surface area contributed by atoms with Gasteiger partial charge < -0.3 is 15.5 Å². The molecule has 0 aromatic carbocycles. The van der Waals surface area contributed by atoms with Crippen molar-refractivity contribution in [2.45, 2.75) is 45.4 Å². The Morgan fingerprint density at radius 2 is 1.75 bits per heavy atom. The van der Waals surface area contributed by atoms with Crippen LogP contribution >= 0.6 is 0 Å². The molecule has 0 aromatic heterocycles. The van der Waals surface area contributed by atoms with Gasteiger partial charge in [0.05, 0.1) is 12.2 Å². The molecule has 0 bridgehead atoms. The van der Waals surface area contributed by atoms with Crippen molar-refractivity contribution in [2.75, 3.05) is 26.2 Å². The highest BCUT2D eigenvalue weighted by Crippen LogP contribution is 2.12. The number of aliphatic hydroxyl groups is 2. The molecule has 4 heteroatoms. The lowest BCUT2D eigenvalue weighted by Gasteiger charge is -2.26. The molecule has 3 unspecified atom stereocenters. The Balaban J connectivity index is 2.22. The van der Waals surface area contributed by atoms with Gasteiger partial charge in [-0.15, -0.1) is 0 Å². The quantitative estimate of drug-likeness (QED) is 0.639. The Morgan fingerprint density at radius 1 is 1.25 bits per heavy atom. The maximum absolute atomic E-state index is 9.43. The molecule has 0 spiro atoms. The van der Waals surface area contributed by atoms with Crippen molar-refractivity contribution in [2.24, 2.45) is 5.92 Å². The summed E-state index contributed by atoms with van der Waals surface area (Å²) in [5.41, 5.74) is 0.151. The van der Waals surface area contributed by atoms with Gasteiger partial charge in [0.25, 0.3) is 0 Å². The Hall–Kier alpha value is -0.160. The van der Waals surface area contributed by atoms with E-state index in [1.807, 2.05) is 0 Å². The topological polar surface area (TPSA) is 55.7 Å². The molecule has 1 rings (SSSR count). The summed E-state index contributed by atoms with van der Waals surface area (Å²) in [7, 11) is 0. The highest BCUT2D eigenvalue weighted by Gasteiger charge is 2.29. The Kier molecular flexibility index (Phi) is 4.73. The van der Waals surface area contributed by atoms with Gasteiger partial charge in [0.1, 0.15) is 0 Å². The molecular weight excluding hydrogens is 204 g/mol. The average molecular weight is 230 g/mol. The van der Waals surface area contributed by atoms with Crippen LogP contribution in [-0.4, -0.2) is 59.0 Å². The second kappa shape index (κ2) is 5.45. The molecule has 1 saturated heterocycles. The third-order valence-corrected chi connectivity index (χ3v) is 2.89. The van der Waals surface area contributed by atoms with E-state index in [9.17, 15) is 10.2 Å². The molecule has 1 aliphatic heterocycles. The molecule has 4 nitrogen and oxygen atoms in total. The molecule has 0 amide bonds. The summed E-state index contributed by atoms with van der Waals surface area (Å²) in [4.78, 5) is 2.13. The summed E-state index contributed by atoms with van der Waals surface area (Å²) in [5.74, 6) is 0.525. The molecule has 0 aliphatic carbocycles. The minimum atomic E-state index is -0.567. The van der Waals surface area contributed by atoms with Gasteiger partial charge in [0.2, 0.25) is 0 Å². The molecule has 0 aromatic rings. The van der Waals surface area contributed by atoms with Crippen molar-refractivity contribution in [3.63, 3.8) is 0 Å². The summed E-state index contributed by atoms with van der Waals surface area (Å²) < 4.78 is 0. The van der Waals surface area contributed by atoms with Gasteiger partial charge >= 0.3 is 0 Å². The standard InChI is InChI=1S/C12H26N2O2/c1-9(5-13-12(2,3)4)6-14-7-10(15)11(16)8-14/h9-11,13,15-16H,5-8H2,1-4H3. The molecule has 3 N–H and O–H groups in total. The van der Waals surface area contributed by atoms with E-state index in [4.69, 9.17) is 0 Å². The van der Waals surface area contributed by atoms with Crippen LogP contribution in [0, 0.1) is 5.92 Å². The van der Waals surface area contributed by atoms with Gasteiger partial charge in [0.15, 0.2) is 0 Å². The highest BCUT2D eigenvalue weighted by atomic mass is 16.3. The number of hydrogen-bond donors (Lipinski definition) is 3. The molecule has 1 fully saturated rings. The SMILES string of the molecule is CC(CNC(C)(C)C)CN1CC(O)C(O)C1. The van der Waals surface area contributed by atoms with E-state index in [0.717, 1.165) is 13.1 Å². The predicted octanol–water partition coefficient (Wildman–Crippen LogP) is 0.0480. The van der Waals surface area contributed by atoms with Crippen molar-refractivity contribution in [1.29, 1.82) is 0 Å². The van der Waals surface area contributed by atoms with E-state index < -0.39 is 12.2 Å². The molecule has 96 valence electrons. The van der Waals surface area contributed by atoms with Gasteiger partial charge in [-0.3, -0.25) is 4.90 Å². The van der Waals surface area contributed by atoms with Crippen molar-refractivity contribution < 1.29 is 10.2 Å². The fourth-order valence-electron chi connectivity index (χ4n) is 1.98. The van der Waals surface area contributed by atoms with Crippen LogP contribution in [0.25, 0.3) is 0 Å². The predicted molar refractivity (Wildman–Crippen MR) is 65.4 cm³/mol. The maximum atomic E-state index is 9.43. The Morgan fingerprint density at radius 3 is 2.19 bits per heavy atom. The number of hydrogen-bond acceptors (Lipinski definition) is 4. The largest absolute Gasteiger partial charge is 0.389 e. The van der Waals surface area contributed by atoms with Gasteiger partial charge in [-0.25, -0.2) is 0 Å². The summed E-state index contributed by atoms with van der Waals surface area (Å²) in [6.07, 6.45) is -1.13. The maximum Gasteiger partial charge on any atom is 0.0938 e. The van der Waals surface area contributed by atoms with Gasteiger partial charge in [0, 0.05) is 25.2 Å². The molecule has 16 heavy (non-hydrogen) atoms. The number of rotatable bonds is 4. The Labute approximate surface area is 98.6 Å². The normalized spacial score (nSPS) is 29.6. The van der Waals surface area contributed by atoms with Crippen LogP contribution in [0.2, 0.25) is 0 Å². The van der Waals surface area contributed by atoms with Gasteiger partial charge in [-0.05, 0) is 33.2 Å². The average Bonchev–Trinajstić information content (AvgIpc) is 2.41. The number of β-amino-alcohol motifs (C(OH)–C–C–N with tert-alkyl or cyclic N) is 2. The van der Waals surface area contributed by atoms with Crippen LogP contribution in [0.4, 0.5) is 0 Å². The van der Waals surface area contributed by atoms with Crippen LogP contribution in [0.3, 0.4) is 0 Å². The molecule has 0 saturated carbocycles. The first-order valence-electron chi connectivity index (χ1n) is 6.11. The lowest BCUT2D eigenvalue weighted by molar-refractivity contribution is 0.0572. The van der Waals surface area contributed by atoms with Crippen LogP contribution < -0.4 is 5.32 Å². The summed E-state index contributed by atoms with van der Waals surface area (Å²) >= 11 is 0. The van der Waals surface area contributed by atoms with E-state index in [2.05, 4.69) is 37.9 Å². The first-order chi connectivity index (χ1) is 7.28. The van der Waals surface area contributed by atoms with E-state index in [1.165, 1.54) is 0 Å².